The molecule has 2 amide bonds. The Bertz CT molecular complexity index is 746. The van der Waals surface area contributed by atoms with Crippen molar-refractivity contribution >= 4 is 29.3 Å². The number of nitrogens with zero attached hydrogens (tertiary/aromatic N) is 1. The predicted octanol–water partition coefficient (Wildman–Crippen LogP) is 3.89. The third-order valence-corrected chi connectivity index (χ3v) is 6.15. The summed E-state index contributed by atoms with van der Waals surface area (Å²) in [4.78, 5) is 28.4. The molecule has 23 heavy (non-hydrogen) atoms. The van der Waals surface area contributed by atoms with Crippen molar-refractivity contribution in [1.82, 2.24) is 0 Å². The van der Waals surface area contributed by atoms with E-state index in [-0.39, 0.29) is 17.7 Å². The summed E-state index contributed by atoms with van der Waals surface area (Å²) in [7, 11) is 0. The Morgan fingerprint density at radius 2 is 1.61 bits per heavy atom. The molecule has 1 aliphatic carbocycles. The van der Waals surface area contributed by atoms with E-state index in [1.807, 2.05) is 60.7 Å². The molecule has 2 aromatic carbocycles. The third kappa shape index (κ3) is 2.38. The van der Waals surface area contributed by atoms with E-state index in [1.165, 1.54) is 4.90 Å². The summed E-state index contributed by atoms with van der Waals surface area (Å²) >= 11 is 1.62. The van der Waals surface area contributed by atoms with Crippen LogP contribution in [0.3, 0.4) is 0 Å². The number of fused-ring (bicyclic) bond motifs is 2. The topological polar surface area (TPSA) is 37.4 Å². The number of carbonyl (C=O) groups is 2. The number of piperidine rings is 1. The van der Waals surface area contributed by atoms with Crippen LogP contribution in [-0.2, 0) is 9.59 Å². The summed E-state index contributed by atoms with van der Waals surface area (Å²) in [5, 5.41) is 0. The van der Waals surface area contributed by atoms with E-state index in [1.54, 1.807) is 11.8 Å². The zero-order valence-electron chi connectivity index (χ0n) is 12.6. The van der Waals surface area contributed by atoms with E-state index in [9.17, 15) is 9.59 Å². The predicted molar refractivity (Wildman–Crippen MR) is 91.3 cm³/mol. The first-order chi connectivity index (χ1) is 11.2. The van der Waals surface area contributed by atoms with Crippen LogP contribution in [0.1, 0.15) is 19.3 Å². The minimum atomic E-state index is -0.504. The van der Waals surface area contributed by atoms with E-state index < -0.39 is 4.75 Å². The van der Waals surface area contributed by atoms with Gasteiger partial charge in [-0.1, -0.05) is 36.4 Å². The van der Waals surface area contributed by atoms with Crippen LogP contribution < -0.4 is 4.90 Å². The lowest BCUT2D eigenvalue weighted by Crippen LogP contribution is -2.54. The number of rotatable bonds is 3. The minimum absolute atomic E-state index is 0.0379. The SMILES string of the molecule is O=C1[C@H]2CC[C@](Sc3ccccc3)(C2)C(=O)N1c1ccccc1. The van der Waals surface area contributed by atoms with Crippen molar-refractivity contribution in [2.75, 3.05) is 4.90 Å². The van der Waals surface area contributed by atoms with Crippen LogP contribution in [0.2, 0.25) is 0 Å². The fraction of sp³-hybridized carbons (Fsp3) is 0.263. The van der Waals surface area contributed by atoms with Gasteiger partial charge in [-0.05, 0) is 43.5 Å². The van der Waals surface area contributed by atoms with Crippen LogP contribution in [0, 0.1) is 5.92 Å². The standard InChI is InChI=1S/C19H17NO2S/c21-17-14-11-12-19(13-14,23-16-9-5-2-6-10-16)18(22)20(17)15-7-3-1-4-8-15/h1-10,14H,11-13H2/t14-,19-/m0/s1. The van der Waals surface area contributed by atoms with Crippen LogP contribution in [0.4, 0.5) is 5.69 Å². The monoisotopic (exact) mass is 323 g/mol. The van der Waals surface area contributed by atoms with Gasteiger partial charge in [0.15, 0.2) is 0 Å². The molecule has 1 saturated heterocycles. The van der Waals surface area contributed by atoms with Gasteiger partial charge in [-0.2, -0.15) is 0 Å². The lowest BCUT2D eigenvalue weighted by molar-refractivity contribution is -0.132. The molecule has 2 aromatic rings. The smallest absolute Gasteiger partial charge is 0.250 e. The van der Waals surface area contributed by atoms with Crippen LogP contribution in [0.15, 0.2) is 65.6 Å². The van der Waals surface area contributed by atoms with Crippen LogP contribution in [0.5, 0.6) is 0 Å². The molecule has 0 aromatic heterocycles. The molecule has 2 bridgehead atoms. The largest absolute Gasteiger partial charge is 0.274 e. The Balaban J connectivity index is 1.72. The van der Waals surface area contributed by atoms with Gasteiger partial charge in [0.05, 0.1) is 5.69 Å². The summed E-state index contributed by atoms with van der Waals surface area (Å²) in [5.74, 6) is -0.136. The van der Waals surface area contributed by atoms with Gasteiger partial charge in [-0.3, -0.25) is 9.59 Å². The van der Waals surface area contributed by atoms with E-state index >= 15 is 0 Å². The number of hydrogen-bond donors (Lipinski definition) is 0. The lowest BCUT2D eigenvalue weighted by atomic mass is 9.95. The third-order valence-electron chi connectivity index (χ3n) is 4.71. The first-order valence-corrected chi connectivity index (χ1v) is 8.69. The summed E-state index contributed by atoms with van der Waals surface area (Å²) in [5.41, 5.74) is 0.687. The van der Waals surface area contributed by atoms with Crippen LogP contribution in [0.25, 0.3) is 0 Å². The van der Waals surface area contributed by atoms with Gasteiger partial charge in [-0.15, -0.1) is 11.8 Å². The van der Waals surface area contributed by atoms with Crippen molar-refractivity contribution in [3.63, 3.8) is 0 Å². The molecule has 2 fully saturated rings. The molecule has 4 rings (SSSR count). The Kier molecular flexibility index (Phi) is 3.49. The Labute approximate surface area is 139 Å². The number of amides is 2. The van der Waals surface area contributed by atoms with Gasteiger partial charge < -0.3 is 0 Å². The molecule has 2 atom stereocenters. The van der Waals surface area contributed by atoms with Crippen molar-refractivity contribution in [3.8, 4) is 0 Å². The highest BCUT2D eigenvalue weighted by atomic mass is 32.2. The van der Waals surface area contributed by atoms with Gasteiger partial charge in [-0.25, -0.2) is 4.90 Å². The number of hydrogen-bond acceptors (Lipinski definition) is 3. The number of thioether (sulfide) groups is 1. The normalized spacial score (nSPS) is 26.6. The van der Waals surface area contributed by atoms with Gasteiger partial charge in [0.1, 0.15) is 4.75 Å². The van der Waals surface area contributed by atoms with E-state index in [2.05, 4.69) is 0 Å². The number of imide groups is 1. The summed E-state index contributed by atoms with van der Waals surface area (Å²) in [6.07, 6.45) is 2.23. The maximum atomic E-state index is 13.2. The maximum absolute atomic E-state index is 13.2. The molecule has 0 N–H and O–H groups in total. The van der Waals surface area contributed by atoms with Crippen molar-refractivity contribution < 1.29 is 9.59 Å². The molecule has 116 valence electrons. The highest BCUT2D eigenvalue weighted by Gasteiger charge is 2.56. The van der Waals surface area contributed by atoms with Crippen molar-refractivity contribution in [2.45, 2.75) is 28.9 Å². The highest BCUT2D eigenvalue weighted by molar-refractivity contribution is 8.01. The number of para-hydroxylation sites is 1. The number of anilines is 1. The molecule has 1 aliphatic heterocycles. The second-order valence-corrected chi connectivity index (χ2v) is 7.62. The second kappa shape index (κ2) is 5.53. The lowest BCUT2D eigenvalue weighted by Gasteiger charge is -2.37. The first-order valence-electron chi connectivity index (χ1n) is 7.87. The van der Waals surface area contributed by atoms with E-state index in [4.69, 9.17) is 0 Å². The fourth-order valence-corrected chi connectivity index (χ4v) is 5.00. The van der Waals surface area contributed by atoms with Gasteiger partial charge >= 0.3 is 0 Å². The van der Waals surface area contributed by atoms with Gasteiger partial charge in [0, 0.05) is 10.8 Å². The molecule has 0 radical (unpaired) electrons. The Morgan fingerprint density at radius 3 is 2.30 bits per heavy atom. The summed E-state index contributed by atoms with van der Waals surface area (Å²) in [6, 6.07) is 19.3. The zero-order valence-corrected chi connectivity index (χ0v) is 13.5. The van der Waals surface area contributed by atoms with Crippen LogP contribution >= 0.6 is 11.8 Å². The molecule has 0 spiro atoms. The molecule has 3 nitrogen and oxygen atoms in total. The van der Waals surface area contributed by atoms with Gasteiger partial charge in [0.25, 0.3) is 0 Å². The van der Waals surface area contributed by atoms with E-state index in [0.29, 0.717) is 12.1 Å². The summed E-state index contributed by atoms with van der Waals surface area (Å²) in [6.45, 7) is 0. The Hall–Kier alpha value is -2.07. The van der Waals surface area contributed by atoms with Crippen molar-refractivity contribution in [1.29, 1.82) is 0 Å². The number of carbonyl (C=O) groups excluding carboxylic acids is 2. The average molecular weight is 323 g/mol. The van der Waals surface area contributed by atoms with E-state index in [0.717, 1.165) is 17.7 Å². The summed E-state index contributed by atoms with van der Waals surface area (Å²) < 4.78 is -0.504. The first kappa shape index (κ1) is 14.5. The highest BCUT2D eigenvalue weighted by Crippen LogP contribution is 2.52. The average Bonchev–Trinajstić information content (AvgIpc) is 2.98. The maximum Gasteiger partial charge on any atom is 0.250 e. The fourth-order valence-electron chi connectivity index (χ4n) is 3.57. The molecule has 1 saturated carbocycles. The second-order valence-electron chi connectivity index (χ2n) is 6.16. The molecule has 2 aliphatic rings. The minimum Gasteiger partial charge on any atom is -0.274 e. The van der Waals surface area contributed by atoms with Gasteiger partial charge in [0.2, 0.25) is 11.8 Å². The molecule has 1 heterocycles. The van der Waals surface area contributed by atoms with Crippen molar-refractivity contribution in [3.05, 3.63) is 60.7 Å². The van der Waals surface area contributed by atoms with Crippen LogP contribution in [-0.4, -0.2) is 16.6 Å². The molecular formula is C19H17NO2S. The quantitative estimate of drug-likeness (QED) is 0.804. The number of benzene rings is 2. The molecule has 4 heteroatoms. The van der Waals surface area contributed by atoms with Crippen molar-refractivity contribution in [2.24, 2.45) is 5.92 Å². The molecular weight excluding hydrogens is 306 g/mol. The zero-order chi connectivity index (χ0) is 15.9. The molecule has 0 unspecified atom stereocenters. The Morgan fingerprint density at radius 1 is 0.957 bits per heavy atom.